The second-order valence-electron chi connectivity index (χ2n) is 5.85. The lowest BCUT2D eigenvalue weighted by molar-refractivity contribution is -0.121. The van der Waals surface area contributed by atoms with Gasteiger partial charge < -0.3 is 5.32 Å². The highest BCUT2D eigenvalue weighted by Gasteiger charge is 2.07. The minimum absolute atomic E-state index is 0.138. The Morgan fingerprint density at radius 3 is 2.73 bits per heavy atom. The van der Waals surface area contributed by atoms with Gasteiger partial charge in [0.05, 0.1) is 5.69 Å². The maximum Gasteiger partial charge on any atom is 0.328 e. The van der Waals surface area contributed by atoms with Gasteiger partial charge in [0, 0.05) is 36.2 Å². The van der Waals surface area contributed by atoms with Crippen molar-refractivity contribution in [1.29, 1.82) is 0 Å². The van der Waals surface area contributed by atoms with E-state index >= 15 is 0 Å². The van der Waals surface area contributed by atoms with Gasteiger partial charge in [-0.15, -0.1) is 11.3 Å². The Kier molecular flexibility index (Phi) is 5.43. The van der Waals surface area contributed by atoms with E-state index in [1.165, 1.54) is 17.8 Å². The highest BCUT2D eigenvalue weighted by atomic mass is 32.1. The van der Waals surface area contributed by atoms with Crippen molar-refractivity contribution in [3.8, 4) is 10.6 Å². The third-order valence-corrected chi connectivity index (χ3v) is 4.70. The van der Waals surface area contributed by atoms with E-state index in [9.17, 15) is 14.4 Å². The van der Waals surface area contributed by atoms with Crippen molar-refractivity contribution in [2.45, 2.75) is 19.9 Å². The van der Waals surface area contributed by atoms with E-state index in [-0.39, 0.29) is 12.5 Å². The lowest BCUT2D eigenvalue weighted by Gasteiger charge is -2.05. The molecule has 26 heavy (non-hydrogen) atoms. The van der Waals surface area contributed by atoms with Gasteiger partial charge in [-0.3, -0.25) is 19.1 Å². The van der Waals surface area contributed by atoms with E-state index in [4.69, 9.17) is 0 Å². The van der Waals surface area contributed by atoms with Crippen molar-refractivity contribution in [2.75, 3.05) is 6.54 Å². The van der Waals surface area contributed by atoms with Gasteiger partial charge in [0.1, 0.15) is 11.6 Å². The van der Waals surface area contributed by atoms with Crippen LogP contribution in [0.1, 0.15) is 11.3 Å². The number of nitrogens with zero attached hydrogens (tertiary/aromatic N) is 2. The normalized spacial score (nSPS) is 10.7. The first-order chi connectivity index (χ1) is 12.5. The smallest absolute Gasteiger partial charge is 0.328 e. The van der Waals surface area contributed by atoms with E-state index in [0.717, 1.165) is 20.8 Å². The number of nitrogens with one attached hydrogen (secondary N) is 2. The summed E-state index contributed by atoms with van der Waals surface area (Å²) in [6.45, 7) is 2.33. The van der Waals surface area contributed by atoms with E-state index in [1.54, 1.807) is 11.3 Å². The maximum atomic E-state index is 11.9. The van der Waals surface area contributed by atoms with Crippen molar-refractivity contribution in [3.05, 3.63) is 74.0 Å². The van der Waals surface area contributed by atoms with E-state index < -0.39 is 11.2 Å². The molecule has 0 atom stereocenters. The molecule has 7 nitrogen and oxygen atoms in total. The molecular weight excluding hydrogens is 352 g/mol. The molecule has 0 radical (unpaired) electrons. The predicted molar refractivity (Wildman–Crippen MR) is 100 cm³/mol. The Labute approximate surface area is 153 Å². The number of H-pyrrole nitrogens is 1. The van der Waals surface area contributed by atoms with Crippen LogP contribution in [0, 0.1) is 6.92 Å². The number of aromatic nitrogens is 3. The molecule has 0 fully saturated rings. The highest BCUT2D eigenvalue weighted by molar-refractivity contribution is 7.13. The number of benzene rings is 1. The first-order valence-electron chi connectivity index (χ1n) is 8.09. The summed E-state index contributed by atoms with van der Waals surface area (Å²) in [6.07, 6.45) is 1.91. The van der Waals surface area contributed by atoms with Gasteiger partial charge in [-0.1, -0.05) is 29.8 Å². The van der Waals surface area contributed by atoms with Crippen LogP contribution in [0.2, 0.25) is 0 Å². The fraction of sp³-hybridized carbons (Fsp3) is 0.222. The molecule has 0 saturated carbocycles. The molecule has 0 spiro atoms. The summed E-state index contributed by atoms with van der Waals surface area (Å²) in [4.78, 5) is 41.2. The highest BCUT2D eigenvalue weighted by Crippen LogP contribution is 2.24. The van der Waals surface area contributed by atoms with Gasteiger partial charge in [0.25, 0.3) is 5.56 Å². The topological polar surface area (TPSA) is 96.8 Å². The number of aryl methyl sites for hydroxylation is 1. The van der Waals surface area contributed by atoms with Gasteiger partial charge in [-0.05, 0) is 6.92 Å². The summed E-state index contributed by atoms with van der Waals surface area (Å²) in [7, 11) is 0. The second-order valence-corrected chi connectivity index (χ2v) is 6.71. The third kappa shape index (κ3) is 4.54. The Morgan fingerprint density at radius 1 is 1.23 bits per heavy atom. The Balaban J connectivity index is 1.52. The molecule has 0 aliphatic heterocycles. The van der Waals surface area contributed by atoms with Gasteiger partial charge >= 0.3 is 5.69 Å². The summed E-state index contributed by atoms with van der Waals surface area (Å²) >= 11 is 1.57. The minimum Gasteiger partial charge on any atom is -0.354 e. The van der Waals surface area contributed by atoms with Crippen LogP contribution in [0.4, 0.5) is 0 Å². The molecule has 8 heteroatoms. The summed E-state index contributed by atoms with van der Waals surface area (Å²) in [5.74, 6) is -0.298. The third-order valence-electron chi connectivity index (χ3n) is 3.76. The molecule has 0 bridgehead atoms. The Hall–Kier alpha value is -3.00. The zero-order valence-corrected chi connectivity index (χ0v) is 15.0. The molecule has 2 N–H and O–H groups in total. The number of thiazole rings is 1. The van der Waals surface area contributed by atoms with Crippen LogP contribution < -0.4 is 16.6 Å². The van der Waals surface area contributed by atoms with Crippen LogP contribution in [0.5, 0.6) is 0 Å². The number of hydrogen-bond acceptors (Lipinski definition) is 5. The van der Waals surface area contributed by atoms with Gasteiger partial charge in [-0.2, -0.15) is 0 Å². The van der Waals surface area contributed by atoms with Crippen LogP contribution in [0.3, 0.4) is 0 Å². The minimum atomic E-state index is -0.602. The lowest BCUT2D eigenvalue weighted by atomic mass is 10.2. The molecule has 134 valence electrons. The van der Waals surface area contributed by atoms with Crippen LogP contribution in [0.25, 0.3) is 10.6 Å². The summed E-state index contributed by atoms with van der Waals surface area (Å²) < 4.78 is 1.15. The zero-order valence-electron chi connectivity index (χ0n) is 14.2. The average molecular weight is 370 g/mol. The second kappa shape index (κ2) is 7.92. The quantitative estimate of drug-likeness (QED) is 0.684. The van der Waals surface area contributed by atoms with E-state index in [2.05, 4.69) is 27.4 Å². The SMILES string of the molecule is Cc1ccc(-c2nc(CCNC(=O)Cn3ccc(=O)[nH]c3=O)cs2)cc1. The maximum absolute atomic E-state index is 11.9. The number of aromatic amines is 1. The molecule has 3 rings (SSSR count). The molecule has 0 unspecified atom stereocenters. The summed E-state index contributed by atoms with van der Waals surface area (Å²) in [5.41, 5.74) is 2.10. The van der Waals surface area contributed by atoms with Crippen LogP contribution in [-0.2, 0) is 17.8 Å². The Morgan fingerprint density at radius 2 is 2.00 bits per heavy atom. The molecule has 0 saturated heterocycles. The molecule has 2 heterocycles. The lowest BCUT2D eigenvalue weighted by Crippen LogP contribution is -2.36. The molecule has 1 aromatic carbocycles. The van der Waals surface area contributed by atoms with E-state index in [0.29, 0.717) is 13.0 Å². The zero-order chi connectivity index (χ0) is 18.5. The van der Waals surface area contributed by atoms with Gasteiger partial charge in [-0.25, -0.2) is 9.78 Å². The monoisotopic (exact) mass is 370 g/mol. The summed E-state index contributed by atoms with van der Waals surface area (Å²) in [5, 5.41) is 5.68. The fourth-order valence-electron chi connectivity index (χ4n) is 2.36. The predicted octanol–water partition coefficient (Wildman–Crippen LogP) is 1.33. The first kappa shape index (κ1) is 17.8. The van der Waals surface area contributed by atoms with Crippen molar-refractivity contribution in [3.63, 3.8) is 0 Å². The molecular formula is C18H18N4O3S. The number of rotatable bonds is 6. The van der Waals surface area contributed by atoms with Crippen molar-refractivity contribution >= 4 is 17.2 Å². The van der Waals surface area contributed by atoms with Crippen molar-refractivity contribution in [1.82, 2.24) is 19.9 Å². The average Bonchev–Trinajstić information content (AvgIpc) is 3.07. The fourth-order valence-corrected chi connectivity index (χ4v) is 3.22. The van der Waals surface area contributed by atoms with Crippen LogP contribution in [0.15, 0.2) is 51.5 Å². The standard InChI is InChI=1S/C18H18N4O3S/c1-12-2-4-13(5-3-12)17-20-14(11-26-17)6-8-19-16(24)10-22-9-7-15(23)21-18(22)25/h2-5,7,9,11H,6,8,10H2,1H3,(H,19,24)(H,21,23,25). The number of carbonyl (C=O) groups is 1. The van der Waals surface area contributed by atoms with Crippen molar-refractivity contribution < 1.29 is 4.79 Å². The number of hydrogen-bond donors (Lipinski definition) is 2. The van der Waals surface area contributed by atoms with E-state index in [1.807, 2.05) is 24.4 Å². The largest absolute Gasteiger partial charge is 0.354 e. The van der Waals surface area contributed by atoms with Gasteiger partial charge in [0.15, 0.2) is 0 Å². The Bertz CT molecular complexity index is 1020. The van der Waals surface area contributed by atoms with Crippen LogP contribution >= 0.6 is 11.3 Å². The van der Waals surface area contributed by atoms with Gasteiger partial charge in [0.2, 0.25) is 5.91 Å². The summed E-state index contributed by atoms with van der Waals surface area (Å²) in [6, 6.07) is 9.39. The molecule has 0 aliphatic rings. The molecule has 3 aromatic rings. The first-order valence-corrected chi connectivity index (χ1v) is 8.97. The van der Waals surface area contributed by atoms with Crippen molar-refractivity contribution in [2.24, 2.45) is 0 Å². The van der Waals surface area contributed by atoms with Crippen LogP contribution in [-0.4, -0.2) is 27.0 Å². The molecule has 1 amide bonds. The molecule has 2 aromatic heterocycles. The number of carbonyl (C=O) groups excluding carboxylic acids is 1. The molecule has 0 aliphatic carbocycles. The number of amides is 1.